The van der Waals surface area contributed by atoms with Crippen LogP contribution in [0.4, 0.5) is 0 Å². The van der Waals surface area contributed by atoms with Gasteiger partial charge in [-0.05, 0) is 13.0 Å². The molecule has 0 aliphatic heterocycles. The van der Waals surface area contributed by atoms with Gasteiger partial charge in [0.15, 0.2) is 5.78 Å². The van der Waals surface area contributed by atoms with Gasteiger partial charge in [0.05, 0.1) is 6.61 Å². The van der Waals surface area contributed by atoms with Crippen LogP contribution in [-0.2, 0) is 14.3 Å². The molecular formula is C13H26O3Si. The van der Waals surface area contributed by atoms with Crippen molar-refractivity contribution in [1.82, 2.24) is 0 Å². The van der Waals surface area contributed by atoms with Crippen LogP contribution in [0.15, 0.2) is 0 Å². The molecule has 0 N–H and O–H groups in total. The Morgan fingerprint density at radius 1 is 1.18 bits per heavy atom. The van der Waals surface area contributed by atoms with Gasteiger partial charge in [0.25, 0.3) is 0 Å². The number of carbonyl (C=O) groups is 2. The summed E-state index contributed by atoms with van der Waals surface area (Å²) in [6.07, 6.45) is 0. The third kappa shape index (κ3) is 6.01. The number of esters is 1. The molecule has 0 saturated heterocycles. The maximum atomic E-state index is 12.3. The lowest BCUT2D eigenvalue weighted by atomic mass is 9.84. The third-order valence-electron chi connectivity index (χ3n) is 2.44. The SMILES string of the molecule is CCOC(=O)C(C[Si](C)(C)C)C(=O)C(C)(C)C. The second-order valence-electron chi connectivity index (χ2n) is 6.68. The molecule has 0 heterocycles. The van der Waals surface area contributed by atoms with Crippen LogP contribution in [0.2, 0.25) is 25.7 Å². The molecule has 1 unspecified atom stereocenters. The molecule has 0 rings (SSSR count). The predicted molar refractivity (Wildman–Crippen MR) is 72.7 cm³/mol. The molecule has 17 heavy (non-hydrogen) atoms. The van der Waals surface area contributed by atoms with Gasteiger partial charge >= 0.3 is 5.97 Å². The van der Waals surface area contributed by atoms with Gasteiger partial charge in [0, 0.05) is 13.5 Å². The minimum absolute atomic E-state index is 0.00150. The van der Waals surface area contributed by atoms with Gasteiger partial charge in [0.2, 0.25) is 0 Å². The van der Waals surface area contributed by atoms with Crippen LogP contribution < -0.4 is 0 Å². The van der Waals surface area contributed by atoms with Gasteiger partial charge in [0.1, 0.15) is 5.92 Å². The number of ketones is 1. The zero-order valence-electron chi connectivity index (χ0n) is 12.2. The molecule has 0 aliphatic carbocycles. The first-order valence-corrected chi connectivity index (χ1v) is 9.90. The van der Waals surface area contributed by atoms with E-state index in [9.17, 15) is 9.59 Å². The van der Waals surface area contributed by atoms with Crippen molar-refractivity contribution in [1.29, 1.82) is 0 Å². The Hall–Kier alpha value is -0.643. The van der Waals surface area contributed by atoms with Crippen molar-refractivity contribution in [3.05, 3.63) is 0 Å². The van der Waals surface area contributed by atoms with E-state index in [0.717, 1.165) is 0 Å². The maximum absolute atomic E-state index is 12.3. The summed E-state index contributed by atoms with van der Waals surface area (Å²) in [7, 11) is -1.48. The summed E-state index contributed by atoms with van der Waals surface area (Å²) in [5.41, 5.74) is -0.489. The number of hydrogen-bond donors (Lipinski definition) is 0. The largest absolute Gasteiger partial charge is 0.465 e. The smallest absolute Gasteiger partial charge is 0.316 e. The van der Waals surface area contributed by atoms with Crippen molar-refractivity contribution < 1.29 is 14.3 Å². The quantitative estimate of drug-likeness (QED) is 0.432. The molecule has 0 amide bonds. The Kier molecular flexibility index (Phi) is 5.58. The van der Waals surface area contributed by atoms with Crippen LogP contribution in [0.3, 0.4) is 0 Å². The van der Waals surface area contributed by atoms with Crippen LogP contribution in [0.25, 0.3) is 0 Å². The topological polar surface area (TPSA) is 43.4 Å². The minimum atomic E-state index is -1.48. The molecule has 0 aromatic rings. The van der Waals surface area contributed by atoms with Gasteiger partial charge in [-0.15, -0.1) is 0 Å². The summed E-state index contributed by atoms with van der Waals surface area (Å²) in [5, 5.41) is 0. The van der Waals surface area contributed by atoms with E-state index in [4.69, 9.17) is 4.74 Å². The second-order valence-corrected chi connectivity index (χ2v) is 12.2. The molecule has 0 radical (unpaired) electrons. The van der Waals surface area contributed by atoms with E-state index in [1.165, 1.54) is 0 Å². The Bertz CT molecular complexity index is 284. The molecule has 0 aromatic carbocycles. The van der Waals surface area contributed by atoms with Crippen LogP contribution in [0, 0.1) is 11.3 Å². The zero-order valence-corrected chi connectivity index (χ0v) is 13.2. The van der Waals surface area contributed by atoms with Crippen molar-refractivity contribution in [3.63, 3.8) is 0 Å². The highest BCUT2D eigenvalue weighted by atomic mass is 28.3. The van der Waals surface area contributed by atoms with Crippen LogP contribution in [-0.4, -0.2) is 26.4 Å². The number of rotatable bonds is 5. The van der Waals surface area contributed by atoms with Gasteiger partial charge in [-0.1, -0.05) is 40.4 Å². The van der Waals surface area contributed by atoms with Crippen molar-refractivity contribution in [2.24, 2.45) is 11.3 Å². The van der Waals surface area contributed by atoms with Crippen LogP contribution in [0.1, 0.15) is 27.7 Å². The second kappa shape index (κ2) is 5.80. The van der Waals surface area contributed by atoms with E-state index < -0.39 is 19.4 Å². The fourth-order valence-corrected chi connectivity index (χ4v) is 3.24. The van der Waals surface area contributed by atoms with Crippen molar-refractivity contribution in [2.45, 2.75) is 53.4 Å². The minimum Gasteiger partial charge on any atom is -0.465 e. The first kappa shape index (κ1) is 16.4. The summed E-state index contributed by atoms with van der Waals surface area (Å²) in [4.78, 5) is 24.2. The predicted octanol–water partition coefficient (Wildman–Crippen LogP) is 3.12. The molecule has 100 valence electrons. The summed E-state index contributed by atoms with van der Waals surface area (Å²) >= 11 is 0. The molecule has 1 atom stereocenters. The molecule has 0 bridgehead atoms. The van der Waals surface area contributed by atoms with E-state index in [2.05, 4.69) is 19.6 Å². The van der Waals surface area contributed by atoms with E-state index in [-0.39, 0.29) is 11.8 Å². The van der Waals surface area contributed by atoms with Crippen molar-refractivity contribution >= 4 is 19.8 Å². The van der Waals surface area contributed by atoms with Crippen LogP contribution in [0.5, 0.6) is 0 Å². The molecule has 4 heteroatoms. The molecule has 0 aromatic heterocycles. The number of ether oxygens (including phenoxy) is 1. The number of hydrogen-bond acceptors (Lipinski definition) is 3. The standard InChI is InChI=1S/C13H26O3Si/c1-8-16-12(15)10(9-17(5,6)7)11(14)13(2,3)4/h10H,8-9H2,1-7H3. The van der Waals surface area contributed by atoms with E-state index in [1.807, 2.05) is 20.8 Å². The Morgan fingerprint density at radius 2 is 1.65 bits per heavy atom. The fourth-order valence-electron chi connectivity index (χ4n) is 1.66. The van der Waals surface area contributed by atoms with Crippen molar-refractivity contribution in [2.75, 3.05) is 6.61 Å². The molecule has 3 nitrogen and oxygen atoms in total. The summed E-state index contributed by atoms with van der Waals surface area (Å²) in [6, 6.07) is 0.669. The Morgan fingerprint density at radius 3 is 1.94 bits per heavy atom. The summed E-state index contributed by atoms with van der Waals surface area (Å²) in [5.74, 6) is -0.935. The van der Waals surface area contributed by atoms with Gasteiger partial charge in [-0.3, -0.25) is 9.59 Å². The Balaban J connectivity index is 4.99. The average Bonchev–Trinajstić information content (AvgIpc) is 2.10. The lowest BCUT2D eigenvalue weighted by molar-refractivity contribution is -0.153. The molecule has 0 saturated carbocycles. The average molecular weight is 258 g/mol. The highest BCUT2D eigenvalue weighted by Crippen LogP contribution is 2.27. The maximum Gasteiger partial charge on any atom is 0.316 e. The number of carbonyl (C=O) groups excluding carboxylic acids is 2. The highest BCUT2D eigenvalue weighted by molar-refractivity contribution is 6.76. The molecule has 0 spiro atoms. The lowest BCUT2D eigenvalue weighted by Gasteiger charge is -2.27. The molecule has 0 aliphatic rings. The summed E-state index contributed by atoms with van der Waals surface area (Å²) in [6.45, 7) is 14.1. The number of Topliss-reactive ketones (excluding diaryl/α,β-unsaturated/α-hetero) is 1. The van der Waals surface area contributed by atoms with E-state index in [0.29, 0.717) is 12.7 Å². The van der Waals surface area contributed by atoms with Crippen LogP contribution >= 0.6 is 0 Å². The lowest BCUT2D eigenvalue weighted by Crippen LogP contribution is -2.39. The first-order chi connectivity index (χ1) is 7.49. The third-order valence-corrected chi connectivity index (χ3v) is 4.08. The Labute approximate surface area is 106 Å². The van der Waals surface area contributed by atoms with Gasteiger partial charge in [-0.25, -0.2) is 0 Å². The molecular weight excluding hydrogens is 232 g/mol. The van der Waals surface area contributed by atoms with Gasteiger partial charge in [-0.2, -0.15) is 0 Å². The highest BCUT2D eigenvalue weighted by Gasteiger charge is 2.38. The zero-order chi connectivity index (χ0) is 13.9. The normalized spacial score (nSPS) is 14.3. The summed E-state index contributed by atoms with van der Waals surface area (Å²) < 4.78 is 5.03. The van der Waals surface area contributed by atoms with Gasteiger partial charge < -0.3 is 4.74 Å². The molecule has 0 fully saturated rings. The van der Waals surface area contributed by atoms with Crippen molar-refractivity contribution in [3.8, 4) is 0 Å². The van der Waals surface area contributed by atoms with E-state index in [1.54, 1.807) is 6.92 Å². The first-order valence-electron chi connectivity index (χ1n) is 6.20. The van der Waals surface area contributed by atoms with E-state index >= 15 is 0 Å². The fraction of sp³-hybridized carbons (Fsp3) is 0.846. The monoisotopic (exact) mass is 258 g/mol.